The molecule has 1 aliphatic heterocycles. The van der Waals surface area contributed by atoms with Crippen LogP contribution in [-0.4, -0.2) is 48.0 Å². The summed E-state index contributed by atoms with van der Waals surface area (Å²) in [5.41, 5.74) is 3.18. The average Bonchev–Trinajstić information content (AvgIpc) is 2.80. The molecule has 2 aromatic rings. The van der Waals surface area contributed by atoms with Crippen LogP contribution >= 0.6 is 0 Å². The van der Waals surface area contributed by atoms with Gasteiger partial charge in [-0.15, -0.1) is 0 Å². The Balaban J connectivity index is 1.21. The predicted molar refractivity (Wildman–Crippen MR) is 134 cm³/mol. The van der Waals surface area contributed by atoms with E-state index in [0.29, 0.717) is 31.7 Å². The van der Waals surface area contributed by atoms with Crippen LogP contribution in [0.25, 0.3) is 0 Å². The largest absolute Gasteiger partial charge is 0.372 e. The first kappa shape index (κ1) is 24.7. The van der Waals surface area contributed by atoms with E-state index in [1.165, 1.54) is 0 Å². The monoisotopic (exact) mass is 478 g/mol. The molecule has 4 amide bonds. The van der Waals surface area contributed by atoms with Crippen LogP contribution in [0.4, 0.5) is 10.5 Å². The smallest absolute Gasteiger partial charge is 0.315 e. The lowest BCUT2D eigenvalue weighted by Crippen LogP contribution is -2.48. The number of carbonyl (C=O) groups is 3. The van der Waals surface area contributed by atoms with Crippen LogP contribution in [0.1, 0.15) is 54.6 Å². The van der Waals surface area contributed by atoms with Crippen molar-refractivity contribution < 1.29 is 19.1 Å². The Morgan fingerprint density at radius 2 is 1.57 bits per heavy atom. The van der Waals surface area contributed by atoms with Crippen molar-refractivity contribution in [1.29, 1.82) is 0 Å². The minimum atomic E-state index is -0.287. The SMILES string of the molecule is CC1CN(C(=O)c2ccc(CNC(=O)NCc3cccc(NC(=O)C4CCC4)c3)cc2)CC(C)O1. The Bertz CT molecular complexity index is 1040. The maximum atomic E-state index is 12.8. The van der Waals surface area contributed by atoms with Crippen LogP contribution < -0.4 is 16.0 Å². The van der Waals surface area contributed by atoms with Crippen LogP contribution in [0.3, 0.4) is 0 Å². The van der Waals surface area contributed by atoms with Gasteiger partial charge in [0.15, 0.2) is 0 Å². The molecule has 0 radical (unpaired) electrons. The average molecular weight is 479 g/mol. The highest BCUT2D eigenvalue weighted by atomic mass is 16.5. The van der Waals surface area contributed by atoms with Crippen LogP contribution in [0.5, 0.6) is 0 Å². The second-order valence-corrected chi connectivity index (χ2v) is 9.52. The lowest BCUT2D eigenvalue weighted by Gasteiger charge is -2.35. The van der Waals surface area contributed by atoms with E-state index >= 15 is 0 Å². The Morgan fingerprint density at radius 1 is 0.914 bits per heavy atom. The number of hydrogen-bond donors (Lipinski definition) is 3. The summed E-state index contributed by atoms with van der Waals surface area (Å²) < 4.78 is 5.70. The number of anilines is 1. The summed E-state index contributed by atoms with van der Waals surface area (Å²) in [7, 11) is 0. The van der Waals surface area contributed by atoms with E-state index in [4.69, 9.17) is 4.74 Å². The summed E-state index contributed by atoms with van der Waals surface area (Å²) >= 11 is 0. The summed E-state index contributed by atoms with van der Waals surface area (Å²) in [6, 6.07) is 14.5. The highest BCUT2D eigenvalue weighted by Gasteiger charge is 2.27. The molecule has 2 atom stereocenters. The number of hydrogen-bond acceptors (Lipinski definition) is 4. The number of urea groups is 1. The maximum Gasteiger partial charge on any atom is 0.315 e. The lowest BCUT2D eigenvalue weighted by atomic mass is 9.85. The summed E-state index contributed by atoms with van der Waals surface area (Å²) in [4.78, 5) is 39.0. The minimum absolute atomic E-state index is 0.00430. The van der Waals surface area contributed by atoms with E-state index in [0.717, 1.165) is 36.1 Å². The molecule has 0 bridgehead atoms. The molecule has 2 aromatic carbocycles. The molecule has 2 fully saturated rings. The fourth-order valence-corrected chi connectivity index (χ4v) is 4.39. The first-order valence-corrected chi connectivity index (χ1v) is 12.3. The summed E-state index contributed by atoms with van der Waals surface area (Å²) in [6.45, 7) is 5.82. The van der Waals surface area contributed by atoms with E-state index in [-0.39, 0.29) is 36.0 Å². The van der Waals surface area contributed by atoms with Crippen LogP contribution in [0, 0.1) is 5.92 Å². The molecule has 2 unspecified atom stereocenters. The second kappa shape index (κ2) is 11.4. The Hall–Kier alpha value is -3.39. The molecule has 3 N–H and O–H groups in total. The van der Waals surface area contributed by atoms with Gasteiger partial charge in [-0.1, -0.05) is 30.7 Å². The van der Waals surface area contributed by atoms with Crippen molar-refractivity contribution in [3.8, 4) is 0 Å². The molecule has 1 saturated heterocycles. The van der Waals surface area contributed by atoms with Crippen molar-refractivity contribution in [2.75, 3.05) is 18.4 Å². The number of carbonyl (C=O) groups excluding carboxylic acids is 3. The summed E-state index contributed by atoms with van der Waals surface area (Å²) in [6.07, 6.45) is 3.08. The number of rotatable bonds is 7. The molecule has 8 heteroatoms. The predicted octanol–water partition coefficient (Wildman–Crippen LogP) is 3.67. The molecule has 0 aromatic heterocycles. The normalized spacial score (nSPS) is 20.0. The molecule has 35 heavy (non-hydrogen) atoms. The van der Waals surface area contributed by atoms with Gasteiger partial charge in [0.2, 0.25) is 5.91 Å². The van der Waals surface area contributed by atoms with E-state index in [1.807, 2.05) is 55.1 Å². The van der Waals surface area contributed by atoms with Crippen LogP contribution in [-0.2, 0) is 22.6 Å². The zero-order valence-corrected chi connectivity index (χ0v) is 20.4. The van der Waals surface area contributed by atoms with E-state index < -0.39 is 0 Å². The first-order chi connectivity index (χ1) is 16.9. The molecule has 0 spiro atoms. The highest BCUT2D eigenvalue weighted by molar-refractivity contribution is 5.94. The first-order valence-electron chi connectivity index (χ1n) is 12.3. The van der Waals surface area contributed by atoms with Gasteiger partial charge in [0, 0.05) is 43.3 Å². The zero-order valence-electron chi connectivity index (χ0n) is 20.4. The zero-order chi connectivity index (χ0) is 24.8. The number of nitrogens with zero attached hydrogens (tertiary/aromatic N) is 1. The molecule has 8 nitrogen and oxygen atoms in total. The van der Waals surface area contributed by atoms with Gasteiger partial charge in [-0.25, -0.2) is 4.79 Å². The molecular weight excluding hydrogens is 444 g/mol. The fourth-order valence-electron chi connectivity index (χ4n) is 4.39. The van der Waals surface area contributed by atoms with Crippen molar-refractivity contribution >= 4 is 23.5 Å². The fraction of sp³-hybridized carbons (Fsp3) is 0.444. The van der Waals surface area contributed by atoms with Crippen molar-refractivity contribution in [3.63, 3.8) is 0 Å². The van der Waals surface area contributed by atoms with Crippen molar-refractivity contribution in [2.24, 2.45) is 5.92 Å². The third kappa shape index (κ3) is 6.82. The lowest BCUT2D eigenvalue weighted by molar-refractivity contribution is -0.122. The van der Waals surface area contributed by atoms with E-state index in [1.54, 1.807) is 12.1 Å². The molecular formula is C27H34N4O4. The summed E-state index contributed by atoms with van der Waals surface area (Å²) in [5, 5.41) is 8.63. The molecule has 1 aliphatic carbocycles. The molecule has 4 rings (SSSR count). The van der Waals surface area contributed by atoms with Gasteiger partial charge in [0.05, 0.1) is 12.2 Å². The summed E-state index contributed by atoms with van der Waals surface area (Å²) in [5.74, 6) is 0.192. The molecule has 1 heterocycles. The number of amides is 4. The highest BCUT2D eigenvalue weighted by Crippen LogP contribution is 2.27. The van der Waals surface area contributed by atoms with Gasteiger partial charge >= 0.3 is 6.03 Å². The van der Waals surface area contributed by atoms with Gasteiger partial charge in [-0.3, -0.25) is 9.59 Å². The standard InChI is InChI=1S/C27H34N4O4/c1-18-16-31(17-19(2)35-18)26(33)23-11-9-20(10-12-23)14-28-27(34)29-15-21-5-3-8-24(13-21)30-25(32)22-6-4-7-22/h3,5,8-13,18-19,22H,4,6-7,14-17H2,1-2H3,(H,30,32)(H2,28,29,34). The second-order valence-electron chi connectivity index (χ2n) is 9.52. The maximum absolute atomic E-state index is 12.8. The minimum Gasteiger partial charge on any atom is -0.372 e. The van der Waals surface area contributed by atoms with Crippen molar-refractivity contribution in [2.45, 2.75) is 58.4 Å². The quantitative estimate of drug-likeness (QED) is 0.565. The number of ether oxygens (including phenoxy) is 1. The number of nitrogens with one attached hydrogen (secondary N) is 3. The van der Waals surface area contributed by atoms with Crippen LogP contribution in [0.2, 0.25) is 0 Å². The third-order valence-corrected chi connectivity index (χ3v) is 6.48. The van der Waals surface area contributed by atoms with E-state index in [2.05, 4.69) is 16.0 Å². The topological polar surface area (TPSA) is 99.8 Å². The molecule has 2 aliphatic rings. The van der Waals surface area contributed by atoms with Gasteiger partial charge in [-0.05, 0) is 62.1 Å². The Kier molecular flexibility index (Phi) is 8.02. The Morgan fingerprint density at radius 3 is 2.20 bits per heavy atom. The van der Waals surface area contributed by atoms with E-state index in [9.17, 15) is 14.4 Å². The van der Waals surface area contributed by atoms with Crippen molar-refractivity contribution in [3.05, 3.63) is 65.2 Å². The van der Waals surface area contributed by atoms with Gasteiger partial charge in [0.25, 0.3) is 5.91 Å². The molecule has 1 saturated carbocycles. The van der Waals surface area contributed by atoms with Gasteiger partial charge < -0.3 is 25.6 Å². The van der Waals surface area contributed by atoms with Gasteiger partial charge in [0.1, 0.15) is 0 Å². The number of benzene rings is 2. The Labute approximate surface area is 206 Å². The molecule has 186 valence electrons. The van der Waals surface area contributed by atoms with Crippen molar-refractivity contribution in [1.82, 2.24) is 15.5 Å². The van der Waals surface area contributed by atoms with Crippen LogP contribution in [0.15, 0.2) is 48.5 Å². The number of morpholine rings is 1. The van der Waals surface area contributed by atoms with Gasteiger partial charge in [-0.2, -0.15) is 0 Å². The third-order valence-electron chi connectivity index (χ3n) is 6.48.